The standard InChI is InChI=1S/C34H22/c1-3-10-25-20-28(18-16-23(25)8-1)32-15-7-13-29-22-27-12-5-6-14-31(27)34(33(29)32)30-19-17-24-9-2-4-11-26(24)21-30/h1-22H. The first-order valence-corrected chi connectivity index (χ1v) is 11.8. The van der Waals surface area contributed by atoms with Crippen molar-refractivity contribution in [1.29, 1.82) is 0 Å². The number of hydrogen-bond donors (Lipinski definition) is 0. The second-order valence-electron chi connectivity index (χ2n) is 9.00. The topological polar surface area (TPSA) is 0 Å². The van der Waals surface area contributed by atoms with E-state index >= 15 is 0 Å². The molecule has 0 saturated carbocycles. The Morgan fingerprint density at radius 1 is 0.324 bits per heavy atom. The monoisotopic (exact) mass is 430 g/mol. The van der Waals surface area contributed by atoms with Crippen molar-refractivity contribution in [2.24, 2.45) is 0 Å². The molecule has 0 spiro atoms. The Kier molecular flexibility index (Phi) is 4.25. The average molecular weight is 431 g/mol. The van der Waals surface area contributed by atoms with Gasteiger partial charge in [0.1, 0.15) is 0 Å². The molecule has 0 N–H and O–H groups in total. The largest absolute Gasteiger partial charge is 0.0616 e. The zero-order valence-corrected chi connectivity index (χ0v) is 18.7. The zero-order chi connectivity index (χ0) is 22.5. The number of rotatable bonds is 2. The summed E-state index contributed by atoms with van der Waals surface area (Å²) in [4.78, 5) is 0. The van der Waals surface area contributed by atoms with E-state index in [-0.39, 0.29) is 0 Å². The molecule has 0 fully saturated rings. The summed E-state index contributed by atoms with van der Waals surface area (Å²) in [6.45, 7) is 0. The lowest BCUT2D eigenvalue weighted by Crippen LogP contribution is -1.90. The van der Waals surface area contributed by atoms with E-state index in [4.69, 9.17) is 0 Å². The van der Waals surface area contributed by atoms with Gasteiger partial charge in [-0.25, -0.2) is 0 Å². The van der Waals surface area contributed by atoms with Gasteiger partial charge in [0.25, 0.3) is 0 Å². The Bertz CT molecular complexity index is 1860. The highest BCUT2D eigenvalue weighted by Gasteiger charge is 2.15. The maximum atomic E-state index is 2.34. The Labute approximate surface area is 198 Å². The third kappa shape index (κ3) is 3.00. The molecule has 0 heterocycles. The number of hydrogen-bond acceptors (Lipinski definition) is 0. The Morgan fingerprint density at radius 3 is 1.62 bits per heavy atom. The average Bonchev–Trinajstić information content (AvgIpc) is 2.91. The van der Waals surface area contributed by atoms with Gasteiger partial charge < -0.3 is 0 Å². The van der Waals surface area contributed by atoms with Crippen LogP contribution in [0.1, 0.15) is 0 Å². The molecule has 0 aromatic heterocycles. The highest BCUT2D eigenvalue weighted by atomic mass is 14.2. The van der Waals surface area contributed by atoms with E-state index in [0.29, 0.717) is 0 Å². The molecule has 0 nitrogen and oxygen atoms in total. The second kappa shape index (κ2) is 7.57. The van der Waals surface area contributed by atoms with E-state index in [0.717, 1.165) is 0 Å². The minimum atomic E-state index is 1.25. The first kappa shape index (κ1) is 19.1. The first-order valence-electron chi connectivity index (χ1n) is 11.8. The smallest absolute Gasteiger partial charge is 0.00203 e. The Hall–Kier alpha value is -4.42. The molecule has 0 atom stereocenters. The van der Waals surface area contributed by atoms with Gasteiger partial charge in [-0.05, 0) is 83.5 Å². The maximum Gasteiger partial charge on any atom is -0.00203 e. The number of benzene rings is 7. The molecule has 0 aliphatic heterocycles. The summed E-state index contributed by atoms with van der Waals surface area (Å²) in [7, 11) is 0. The molecule has 0 aliphatic rings. The van der Waals surface area contributed by atoms with Gasteiger partial charge >= 0.3 is 0 Å². The Morgan fingerprint density at radius 2 is 0.882 bits per heavy atom. The Balaban J connectivity index is 1.61. The third-order valence-corrected chi connectivity index (χ3v) is 6.99. The zero-order valence-electron chi connectivity index (χ0n) is 18.7. The van der Waals surface area contributed by atoms with Gasteiger partial charge in [-0.3, -0.25) is 0 Å². The fourth-order valence-corrected chi connectivity index (χ4v) is 5.36. The summed E-state index contributed by atoms with van der Waals surface area (Å²) >= 11 is 0. The van der Waals surface area contributed by atoms with Crippen LogP contribution in [0.4, 0.5) is 0 Å². The predicted molar refractivity (Wildman–Crippen MR) is 147 cm³/mol. The van der Waals surface area contributed by atoms with Crippen LogP contribution >= 0.6 is 0 Å². The highest BCUT2D eigenvalue weighted by Crippen LogP contribution is 2.42. The summed E-state index contributed by atoms with van der Waals surface area (Å²) in [6, 6.07) is 48.7. The summed E-state index contributed by atoms with van der Waals surface area (Å²) in [5, 5.41) is 10.2. The van der Waals surface area contributed by atoms with Crippen LogP contribution in [0.5, 0.6) is 0 Å². The lowest BCUT2D eigenvalue weighted by atomic mass is 9.87. The van der Waals surface area contributed by atoms with Crippen molar-refractivity contribution in [2.75, 3.05) is 0 Å². The molecule has 0 bridgehead atoms. The minimum absolute atomic E-state index is 1.25. The molecule has 7 aromatic rings. The van der Waals surface area contributed by atoms with Gasteiger partial charge in [0.15, 0.2) is 0 Å². The molecule has 7 rings (SSSR count). The van der Waals surface area contributed by atoms with Crippen molar-refractivity contribution in [2.45, 2.75) is 0 Å². The number of fused-ring (bicyclic) bond motifs is 4. The van der Waals surface area contributed by atoms with Gasteiger partial charge in [0.05, 0.1) is 0 Å². The predicted octanol–water partition coefficient (Wildman–Crippen LogP) is 9.63. The molecule has 0 radical (unpaired) electrons. The summed E-state index contributed by atoms with van der Waals surface area (Å²) in [5.74, 6) is 0. The van der Waals surface area contributed by atoms with Crippen LogP contribution in [0.15, 0.2) is 133 Å². The fourth-order valence-electron chi connectivity index (χ4n) is 5.36. The third-order valence-electron chi connectivity index (χ3n) is 6.99. The quantitative estimate of drug-likeness (QED) is 0.239. The van der Waals surface area contributed by atoms with Crippen LogP contribution in [0, 0.1) is 0 Å². The molecular formula is C34H22. The van der Waals surface area contributed by atoms with Crippen molar-refractivity contribution in [3.8, 4) is 22.3 Å². The molecule has 0 aliphatic carbocycles. The van der Waals surface area contributed by atoms with Crippen LogP contribution in [-0.4, -0.2) is 0 Å². The van der Waals surface area contributed by atoms with Crippen LogP contribution in [0.25, 0.3) is 65.3 Å². The van der Waals surface area contributed by atoms with E-state index in [1.807, 2.05) is 0 Å². The molecule has 0 unspecified atom stereocenters. The van der Waals surface area contributed by atoms with Crippen LogP contribution in [0.2, 0.25) is 0 Å². The van der Waals surface area contributed by atoms with Crippen molar-refractivity contribution in [1.82, 2.24) is 0 Å². The van der Waals surface area contributed by atoms with E-state index in [2.05, 4.69) is 133 Å². The fraction of sp³-hybridized carbons (Fsp3) is 0. The van der Waals surface area contributed by atoms with Crippen LogP contribution in [-0.2, 0) is 0 Å². The molecule has 158 valence electrons. The lowest BCUT2D eigenvalue weighted by Gasteiger charge is -2.17. The molecule has 34 heavy (non-hydrogen) atoms. The lowest BCUT2D eigenvalue weighted by molar-refractivity contribution is 1.67. The van der Waals surface area contributed by atoms with Crippen LogP contribution < -0.4 is 0 Å². The molecular weight excluding hydrogens is 408 g/mol. The SMILES string of the molecule is c1ccc2cc(-c3cccc4cc5ccccc5c(-c5ccc6ccccc6c5)c34)ccc2c1. The van der Waals surface area contributed by atoms with Gasteiger partial charge in [0.2, 0.25) is 0 Å². The van der Waals surface area contributed by atoms with Crippen molar-refractivity contribution >= 4 is 43.1 Å². The molecule has 0 saturated heterocycles. The van der Waals surface area contributed by atoms with E-state index < -0.39 is 0 Å². The molecule has 7 aromatic carbocycles. The van der Waals surface area contributed by atoms with Crippen molar-refractivity contribution < 1.29 is 0 Å². The normalized spacial score (nSPS) is 11.5. The summed E-state index contributed by atoms with van der Waals surface area (Å²) in [5.41, 5.74) is 5.09. The van der Waals surface area contributed by atoms with Crippen LogP contribution in [0.3, 0.4) is 0 Å². The van der Waals surface area contributed by atoms with Crippen molar-refractivity contribution in [3.05, 3.63) is 133 Å². The highest BCUT2D eigenvalue weighted by molar-refractivity contribution is 6.18. The molecule has 0 heteroatoms. The van der Waals surface area contributed by atoms with E-state index in [9.17, 15) is 0 Å². The van der Waals surface area contributed by atoms with Gasteiger partial charge in [-0.1, -0.05) is 115 Å². The van der Waals surface area contributed by atoms with E-state index in [1.54, 1.807) is 0 Å². The summed E-state index contributed by atoms with van der Waals surface area (Å²) < 4.78 is 0. The minimum Gasteiger partial charge on any atom is -0.0616 e. The first-order chi connectivity index (χ1) is 16.8. The maximum absolute atomic E-state index is 2.34. The molecule has 0 amide bonds. The second-order valence-corrected chi connectivity index (χ2v) is 9.00. The van der Waals surface area contributed by atoms with Crippen molar-refractivity contribution in [3.63, 3.8) is 0 Å². The van der Waals surface area contributed by atoms with Gasteiger partial charge in [-0.15, -0.1) is 0 Å². The van der Waals surface area contributed by atoms with Gasteiger partial charge in [0, 0.05) is 0 Å². The summed E-state index contributed by atoms with van der Waals surface area (Å²) in [6.07, 6.45) is 0. The van der Waals surface area contributed by atoms with E-state index in [1.165, 1.54) is 65.3 Å². The van der Waals surface area contributed by atoms with Gasteiger partial charge in [-0.2, -0.15) is 0 Å².